The van der Waals surface area contributed by atoms with E-state index < -0.39 is 0 Å². The summed E-state index contributed by atoms with van der Waals surface area (Å²) in [4.78, 5) is 4.26. The highest BCUT2D eigenvalue weighted by molar-refractivity contribution is 5.30. The predicted molar refractivity (Wildman–Crippen MR) is 87.4 cm³/mol. The fraction of sp³-hybridized carbons (Fsp3) is 0.722. The Balaban J connectivity index is 2.11. The molecule has 0 bridgehead atoms. The Labute approximate surface area is 129 Å². The van der Waals surface area contributed by atoms with Crippen molar-refractivity contribution in [1.82, 2.24) is 10.3 Å². The largest absolute Gasteiger partial charge is 0.488 e. The van der Waals surface area contributed by atoms with Crippen LogP contribution in [0.25, 0.3) is 0 Å². The predicted octanol–water partition coefficient (Wildman–Crippen LogP) is 4.03. The number of nitrogens with zero attached hydrogens (tertiary/aromatic N) is 1. The molecule has 3 atom stereocenters. The lowest BCUT2D eigenvalue weighted by atomic mass is 9.75. The van der Waals surface area contributed by atoms with Gasteiger partial charge >= 0.3 is 0 Å². The zero-order valence-corrected chi connectivity index (χ0v) is 13.9. The molecular weight excluding hydrogens is 260 g/mol. The average Bonchev–Trinajstić information content (AvgIpc) is 2.46. The van der Waals surface area contributed by atoms with Crippen molar-refractivity contribution in [1.29, 1.82) is 0 Å². The highest BCUT2D eigenvalue weighted by Gasteiger charge is 2.32. The summed E-state index contributed by atoms with van der Waals surface area (Å²) in [5, 5.41) is 3.38. The molecule has 2 rings (SSSR count). The maximum absolute atomic E-state index is 6.43. The molecule has 0 saturated heterocycles. The highest BCUT2D eigenvalue weighted by atomic mass is 16.5. The molecule has 1 aliphatic carbocycles. The Morgan fingerprint density at radius 3 is 2.90 bits per heavy atom. The first kappa shape index (κ1) is 16.3. The molecule has 0 radical (unpaired) electrons. The normalized spacial score (nSPS) is 26.0. The van der Waals surface area contributed by atoms with E-state index in [0.717, 1.165) is 24.8 Å². The third-order valence-corrected chi connectivity index (χ3v) is 4.68. The lowest BCUT2D eigenvalue weighted by Gasteiger charge is -2.37. The molecule has 3 unspecified atom stereocenters. The van der Waals surface area contributed by atoms with Gasteiger partial charge in [-0.25, -0.2) is 0 Å². The third kappa shape index (κ3) is 4.44. The minimum atomic E-state index is 0.332. The number of aromatic nitrogens is 1. The van der Waals surface area contributed by atoms with Crippen LogP contribution in [-0.2, 0) is 6.54 Å². The molecular formula is C18H30N2O. The van der Waals surface area contributed by atoms with Crippen LogP contribution in [0.1, 0.15) is 52.5 Å². The molecule has 3 heteroatoms. The van der Waals surface area contributed by atoms with Crippen molar-refractivity contribution in [3.63, 3.8) is 0 Å². The van der Waals surface area contributed by atoms with Crippen molar-refractivity contribution in [2.45, 2.75) is 59.6 Å². The fourth-order valence-electron chi connectivity index (χ4n) is 3.33. The fourth-order valence-corrected chi connectivity index (χ4v) is 3.33. The van der Waals surface area contributed by atoms with E-state index in [4.69, 9.17) is 4.74 Å². The van der Waals surface area contributed by atoms with Gasteiger partial charge < -0.3 is 10.1 Å². The van der Waals surface area contributed by atoms with E-state index in [0.29, 0.717) is 17.9 Å². The van der Waals surface area contributed by atoms with Gasteiger partial charge in [-0.1, -0.05) is 34.1 Å². The topological polar surface area (TPSA) is 34.2 Å². The summed E-state index contributed by atoms with van der Waals surface area (Å²) in [5.41, 5.74) is 1.22. The van der Waals surface area contributed by atoms with Crippen molar-refractivity contribution in [2.24, 2.45) is 17.8 Å². The summed E-state index contributed by atoms with van der Waals surface area (Å²) in [6, 6.07) is 2.06. The standard InChI is InChI=1S/C18H30N2O/c1-5-19-11-15-8-9-20-12-18(15)21-17-10-14(4)6-7-16(17)13(2)3/h8-9,12-14,16-17,19H,5-7,10-11H2,1-4H3. The molecule has 0 aromatic carbocycles. The van der Waals surface area contributed by atoms with E-state index in [9.17, 15) is 0 Å². The van der Waals surface area contributed by atoms with Crippen LogP contribution in [-0.4, -0.2) is 17.6 Å². The third-order valence-electron chi connectivity index (χ3n) is 4.68. The Hall–Kier alpha value is -1.09. The van der Waals surface area contributed by atoms with Crippen LogP contribution in [0, 0.1) is 17.8 Å². The first-order valence-corrected chi connectivity index (χ1v) is 8.42. The molecule has 1 saturated carbocycles. The van der Waals surface area contributed by atoms with Gasteiger partial charge in [-0.3, -0.25) is 4.98 Å². The van der Waals surface area contributed by atoms with E-state index in [-0.39, 0.29) is 0 Å². The molecule has 1 aromatic rings. The highest BCUT2D eigenvalue weighted by Crippen LogP contribution is 2.36. The van der Waals surface area contributed by atoms with Crippen LogP contribution < -0.4 is 10.1 Å². The van der Waals surface area contributed by atoms with E-state index in [2.05, 4.69) is 44.1 Å². The summed E-state index contributed by atoms with van der Waals surface area (Å²) in [5.74, 6) is 3.06. The number of hydrogen-bond donors (Lipinski definition) is 1. The SMILES string of the molecule is CCNCc1ccncc1OC1CC(C)CCC1C(C)C. The minimum absolute atomic E-state index is 0.332. The minimum Gasteiger partial charge on any atom is -0.488 e. The van der Waals surface area contributed by atoms with Crippen molar-refractivity contribution in [2.75, 3.05) is 6.54 Å². The van der Waals surface area contributed by atoms with Crippen molar-refractivity contribution in [3.05, 3.63) is 24.0 Å². The molecule has 3 nitrogen and oxygen atoms in total. The van der Waals surface area contributed by atoms with Gasteiger partial charge in [-0.05, 0) is 43.2 Å². The van der Waals surface area contributed by atoms with E-state index in [1.807, 2.05) is 12.4 Å². The Kier molecular flexibility index (Phi) is 6.04. The zero-order valence-electron chi connectivity index (χ0n) is 13.9. The van der Waals surface area contributed by atoms with Gasteiger partial charge in [-0.2, -0.15) is 0 Å². The molecule has 0 aliphatic heterocycles. The molecule has 1 N–H and O–H groups in total. The summed E-state index contributed by atoms with van der Waals surface area (Å²) in [6.07, 6.45) is 7.84. The summed E-state index contributed by atoms with van der Waals surface area (Å²) < 4.78 is 6.43. The Morgan fingerprint density at radius 1 is 1.38 bits per heavy atom. The molecule has 1 fully saturated rings. The zero-order chi connectivity index (χ0) is 15.2. The summed E-state index contributed by atoms with van der Waals surface area (Å²) in [7, 11) is 0. The quantitative estimate of drug-likeness (QED) is 0.859. The second-order valence-corrected chi connectivity index (χ2v) is 6.75. The van der Waals surface area contributed by atoms with Gasteiger partial charge in [0.2, 0.25) is 0 Å². The van der Waals surface area contributed by atoms with Crippen molar-refractivity contribution >= 4 is 0 Å². The number of hydrogen-bond acceptors (Lipinski definition) is 3. The van der Waals surface area contributed by atoms with Crippen LogP contribution >= 0.6 is 0 Å². The molecule has 0 spiro atoms. The van der Waals surface area contributed by atoms with Gasteiger partial charge in [-0.15, -0.1) is 0 Å². The van der Waals surface area contributed by atoms with E-state index >= 15 is 0 Å². The first-order valence-electron chi connectivity index (χ1n) is 8.42. The second-order valence-electron chi connectivity index (χ2n) is 6.75. The van der Waals surface area contributed by atoms with Gasteiger partial charge in [0, 0.05) is 18.3 Å². The monoisotopic (exact) mass is 290 g/mol. The van der Waals surface area contributed by atoms with Crippen molar-refractivity contribution in [3.8, 4) is 5.75 Å². The Bertz CT molecular complexity index is 433. The van der Waals surface area contributed by atoms with Crippen LogP contribution in [0.15, 0.2) is 18.5 Å². The average molecular weight is 290 g/mol. The van der Waals surface area contributed by atoms with E-state index in [1.54, 1.807) is 0 Å². The van der Waals surface area contributed by atoms with Gasteiger partial charge in [0.25, 0.3) is 0 Å². The number of rotatable bonds is 6. The molecule has 0 amide bonds. The maximum Gasteiger partial charge on any atom is 0.142 e. The first-order chi connectivity index (χ1) is 10.1. The lowest BCUT2D eigenvalue weighted by molar-refractivity contribution is 0.0449. The smallest absolute Gasteiger partial charge is 0.142 e. The van der Waals surface area contributed by atoms with Gasteiger partial charge in [0.15, 0.2) is 0 Å². The molecule has 1 heterocycles. The summed E-state index contributed by atoms with van der Waals surface area (Å²) >= 11 is 0. The lowest BCUT2D eigenvalue weighted by Crippen LogP contribution is -2.36. The van der Waals surface area contributed by atoms with Crippen LogP contribution in [0.5, 0.6) is 5.75 Å². The van der Waals surface area contributed by atoms with Crippen LogP contribution in [0.4, 0.5) is 0 Å². The summed E-state index contributed by atoms with van der Waals surface area (Å²) in [6.45, 7) is 10.9. The maximum atomic E-state index is 6.43. The number of pyridine rings is 1. The van der Waals surface area contributed by atoms with E-state index in [1.165, 1.54) is 24.8 Å². The van der Waals surface area contributed by atoms with Crippen molar-refractivity contribution < 1.29 is 4.74 Å². The molecule has 1 aromatic heterocycles. The van der Waals surface area contributed by atoms with Gasteiger partial charge in [0.1, 0.15) is 11.9 Å². The number of ether oxygens (including phenoxy) is 1. The Morgan fingerprint density at radius 2 is 2.19 bits per heavy atom. The molecule has 118 valence electrons. The van der Waals surface area contributed by atoms with Crippen LogP contribution in [0.2, 0.25) is 0 Å². The second kappa shape index (κ2) is 7.79. The molecule has 1 aliphatic rings. The van der Waals surface area contributed by atoms with Crippen LogP contribution in [0.3, 0.4) is 0 Å². The molecule has 21 heavy (non-hydrogen) atoms. The number of nitrogens with one attached hydrogen (secondary N) is 1. The van der Waals surface area contributed by atoms with Gasteiger partial charge in [0.05, 0.1) is 6.20 Å².